The predicted octanol–water partition coefficient (Wildman–Crippen LogP) is 2.33. The van der Waals surface area contributed by atoms with Gasteiger partial charge in [0.15, 0.2) is 0 Å². The van der Waals surface area contributed by atoms with E-state index in [1.165, 1.54) is 11.1 Å². The summed E-state index contributed by atoms with van der Waals surface area (Å²) in [6, 6.07) is 8.08. The summed E-state index contributed by atoms with van der Waals surface area (Å²) in [5.41, 5.74) is 2.78. The van der Waals surface area contributed by atoms with Gasteiger partial charge in [0.1, 0.15) is 11.8 Å². The first-order chi connectivity index (χ1) is 12.6. The van der Waals surface area contributed by atoms with E-state index >= 15 is 0 Å². The van der Waals surface area contributed by atoms with Gasteiger partial charge in [0.25, 0.3) is 0 Å². The number of hydrogen-bond donors (Lipinski definition) is 1. The minimum absolute atomic E-state index is 0.0645. The highest BCUT2D eigenvalue weighted by Crippen LogP contribution is 2.30. The number of thiocarbonyl (C=S) groups is 1. The third-order valence-corrected chi connectivity index (χ3v) is 6.54. The summed E-state index contributed by atoms with van der Waals surface area (Å²) >= 11 is 5.46. The van der Waals surface area contributed by atoms with Gasteiger partial charge in [-0.1, -0.05) is 36.5 Å². The minimum atomic E-state index is -0.441. The maximum atomic E-state index is 13.1. The molecule has 4 nitrogen and oxygen atoms in total. The molecule has 1 aliphatic carbocycles. The smallest absolute Gasteiger partial charge is 0.240 e. The Bertz CT molecular complexity index is 726. The molecule has 0 aromatic heterocycles. The molecule has 0 bridgehead atoms. The van der Waals surface area contributed by atoms with Crippen LogP contribution in [0, 0.1) is 11.8 Å². The molecule has 0 radical (unpaired) electrons. The number of carbonyl (C=O) groups excluding carboxylic acids is 2. The van der Waals surface area contributed by atoms with Gasteiger partial charge in [-0.05, 0) is 49.1 Å². The fourth-order valence-electron chi connectivity index (χ4n) is 4.71. The monoisotopic (exact) mass is 370 g/mol. The van der Waals surface area contributed by atoms with Crippen LogP contribution in [-0.2, 0) is 22.4 Å². The minimum Gasteiger partial charge on any atom is -0.341 e. The predicted molar refractivity (Wildman–Crippen MR) is 105 cm³/mol. The van der Waals surface area contributed by atoms with Gasteiger partial charge in [-0.3, -0.25) is 9.59 Å². The van der Waals surface area contributed by atoms with E-state index in [1.807, 2.05) is 4.90 Å². The lowest BCUT2D eigenvalue weighted by molar-refractivity contribution is -0.135. The molecule has 138 valence electrons. The van der Waals surface area contributed by atoms with Crippen LogP contribution in [0.2, 0.25) is 0 Å². The van der Waals surface area contributed by atoms with Crippen LogP contribution in [0.15, 0.2) is 24.3 Å². The second-order valence-electron chi connectivity index (χ2n) is 7.88. The summed E-state index contributed by atoms with van der Waals surface area (Å²) < 4.78 is 0. The molecule has 1 aromatic rings. The lowest BCUT2D eigenvalue weighted by atomic mass is 9.79. The normalized spacial score (nSPS) is 28.2. The number of likely N-dealkylation sites (tertiary alicyclic amines) is 1. The van der Waals surface area contributed by atoms with Crippen molar-refractivity contribution in [2.24, 2.45) is 11.8 Å². The Hall–Kier alpha value is -1.59. The van der Waals surface area contributed by atoms with Gasteiger partial charge in [0.05, 0.1) is 5.92 Å². The van der Waals surface area contributed by atoms with E-state index in [4.69, 9.17) is 12.2 Å². The number of Topliss-reactive ketones (excluding diaryl/α,β-unsaturated/α-hetero) is 1. The van der Waals surface area contributed by atoms with Crippen LogP contribution >= 0.6 is 12.2 Å². The second-order valence-corrected chi connectivity index (χ2v) is 8.41. The van der Waals surface area contributed by atoms with Gasteiger partial charge in [0, 0.05) is 30.9 Å². The zero-order valence-electron chi connectivity index (χ0n) is 15.1. The first-order valence-corrected chi connectivity index (χ1v) is 10.2. The van der Waals surface area contributed by atoms with Crippen molar-refractivity contribution in [1.82, 2.24) is 10.2 Å². The summed E-state index contributed by atoms with van der Waals surface area (Å²) in [7, 11) is 0. The first kappa shape index (κ1) is 17.8. The summed E-state index contributed by atoms with van der Waals surface area (Å²) in [5, 5.41) is 3.21. The molecular weight excluding hydrogens is 344 g/mol. The van der Waals surface area contributed by atoms with Crippen LogP contribution in [-0.4, -0.2) is 47.1 Å². The molecular formula is C21H26N2O2S. The van der Waals surface area contributed by atoms with Gasteiger partial charge in [-0.2, -0.15) is 0 Å². The maximum absolute atomic E-state index is 13.1. The summed E-state index contributed by atoms with van der Waals surface area (Å²) in [6.07, 6.45) is 5.69. The molecule has 0 spiro atoms. The summed E-state index contributed by atoms with van der Waals surface area (Å²) in [5.74, 6) is 0.162. The maximum Gasteiger partial charge on any atom is 0.240 e. The number of carbonyl (C=O) groups is 2. The van der Waals surface area contributed by atoms with E-state index in [-0.39, 0.29) is 11.7 Å². The zero-order chi connectivity index (χ0) is 18.1. The third-order valence-electron chi connectivity index (χ3n) is 6.15. The van der Waals surface area contributed by atoms with Gasteiger partial charge in [-0.15, -0.1) is 0 Å². The van der Waals surface area contributed by atoms with E-state index in [0.717, 1.165) is 45.2 Å². The quantitative estimate of drug-likeness (QED) is 0.827. The summed E-state index contributed by atoms with van der Waals surface area (Å²) in [6.45, 7) is 2.12. The molecule has 0 saturated carbocycles. The van der Waals surface area contributed by atoms with Crippen molar-refractivity contribution < 1.29 is 9.59 Å². The molecule has 2 aliphatic heterocycles. The molecule has 1 aromatic carbocycles. The molecule has 5 heteroatoms. The van der Waals surface area contributed by atoms with Gasteiger partial charge in [0.2, 0.25) is 5.91 Å². The summed E-state index contributed by atoms with van der Waals surface area (Å²) in [4.78, 5) is 28.5. The van der Waals surface area contributed by atoms with Crippen LogP contribution in [0.4, 0.5) is 0 Å². The number of rotatable bonds is 4. The standard InChI is InChI=1S/C21H26N2O2S/c24-17(12-14-7-8-15-5-1-2-6-16(15)11-14)19-18(26)13-22-20(19)21(25)23-9-3-4-10-23/h1-2,5-6,14,19-20,22H,3-4,7-13H2/t14-,19?,20+/m1/s1. The third kappa shape index (κ3) is 3.47. The highest BCUT2D eigenvalue weighted by molar-refractivity contribution is 7.80. The number of hydrogen-bond acceptors (Lipinski definition) is 4. The average Bonchev–Trinajstić information content (AvgIpc) is 3.31. The SMILES string of the molecule is O=C(C[C@@H]1CCc2ccccc2C1)C1C(=S)CN[C@@H]1C(=O)N1CCCC1. The molecule has 2 heterocycles. The Morgan fingerprint density at radius 2 is 1.88 bits per heavy atom. The largest absolute Gasteiger partial charge is 0.341 e. The molecule has 1 amide bonds. The van der Waals surface area contributed by atoms with Crippen molar-refractivity contribution in [3.8, 4) is 0 Å². The Morgan fingerprint density at radius 3 is 2.65 bits per heavy atom. The van der Waals surface area contributed by atoms with Gasteiger partial charge in [-0.25, -0.2) is 0 Å². The van der Waals surface area contributed by atoms with Crippen molar-refractivity contribution in [3.05, 3.63) is 35.4 Å². The van der Waals surface area contributed by atoms with E-state index in [1.54, 1.807) is 0 Å². The van der Waals surface area contributed by atoms with Crippen molar-refractivity contribution >= 4 is 28.8 Å². The Kier molecular flexibility index (Phi) is 5.18. The zero-order valence-corrected chi connectivity index (χ0v) is 15.9. The number of nitrogens with one attached hydrogen (secondary N) is 1. The lowest BCUT2D eigenvalue weighted by Gasteiger charge is -2.27. The number of benzene rings is 1. The van der Waals surface area contributed by atoms with Crippen LogP contribution in [0.1, 0.15) is 36.8 Å². The van der Waals surface area contributed by atoms with E-state index < -0.39 is 12.0 Å². The van der Waals surface area contributed by atoms with E-state index in [0.29, 0.717) is 23.7 Å². The molecule has 4 rings (SSSR count). The molecule has 2 fully saturated rings. The van der Waals surface area contributed by atoms with Crippen molar-refractivity contribution in [3.63, 3.8) is 0 Å². The van der Waals surface area contributed by atoms with Crippen LogP contribution in [0.5, 0.6) is 0 Å². The Balaban J connectivity index is 1.43. The molecule has 2 saturated heterocycles. The number of aryl methyl sites for hydroxylation is 1. The fraction of sp³-hybridized carbons (Fsp3) is 0.571. The Labute approximate surface area is 160 Å². The van der Waals surface area contributed by atoms with E-state index in [2.05, 4.69) is 29.6 Å². The van der Waals surface area contributed by atoms with Crippen LogP contribution < -0.4 is 5.32 Å². The molecule has 3 atom stereocenters. The number of ketones is 1. The lowest BCUT2D eigenvalue weighted by Crippen LogP contribution is -2.47. The van der Waals surface area contributed by atoms with Crippen LogP contribution in [0.3, 0.4) is 0 Å². The number of amides is 1. The van der Waals surface area contributed by atoms with Gasteiger partial charge < -0.3 is 10.2 Å². The first-order valence-electron chi connectivity index (χ1n) is 9.78. The second kappa shape index (κ2) is 7.57. The highest BCUT2D eigenvalue weighted by atomic mass is 32.1. The van der Waals surface area contributed by atoms with Crippen molar-refractivity contribution in [1.29, 1.82) is 0 Å². The van der Waals surface area contributed by atoms with Gasteiger partial charge >= 0.3 is 0 Å². The average molecular weight is 371 g/mol. The molecule has 26 heavy (non-hydrogen) atoms. The molecule has 1 unspecified atom stereocenters. The Morgan fingerprint density at radius 1 is 1.15 bits per heavy atom. The van der Waals surface area contributed by atoms with E-state index in [9.17, 15) is 9.59 Å². The molecule has 3 aliphatic rings. The topological polar surface area (TPSA) is 49.4 Å². The molecule has 1 N–H and O–H groups in total. The van der Waals surface area contributed by atoms with Crippen LogP contribution in [0.25, 0.3) is 0 Å². The number of fused-ring (bicyclic) bond motifs is 1. The van der Waals surface area contributed by atoms with Crippen molar-refractivity contribution in [2.75, 3.05) is 19.6 Å². The number of nitrogens with zero attached hydrogens (tertiary/aromatic N) is 1. The highest BCUT2D eigenvalue weighted by Gasteiger charge is 2.43. The van der Waals surface area contributed by atoms with Crippen molar-refractivity contribution in [2.45, 2.75) is 44.6 Å². The fourth-order valence-corrected chi connectivity index (χ4v) is 5.06.